The number of phosphoric acid groups is 1. The van der Waals surface area contributed by atoms with Crippen molar-refractivity contribution in [3.8, 4) is 0 Å². The Kier molecular flexibility index (Phi) is 52.9. The van der Waals surface area contributed by atoms with Crippen LogP contribution in [0.4, 0.5) is 0 Å². The van der Waals surface area contributed by atoms with E-state index in [2.05, 4.69) is 80.7 Å². The van der Waals surface area contributed by atoms with Crippen molar-refractivity contribution in [1.29, 1.82) is 0 Å². The second-order valence-electron chi connectivity index (χ2n) is 21.4. The lowest BCUT2D eigenvalue weighted by Gasteiger charge is -2.24. The average molecular weight is 1060 g/mol. The van der Waals surface area contributed by atoms with Gasteiger partial charge in [0, 0.05) is 6.42 Å². The summed E-state index contributed by atoms with van der Waals surface area (Å²) in [5.74, 6) is -0.941. The highest BCUT2D eigenvalue weighted by Gasteiger charge is 2.27. The van der Waals surface area contributed by atoms with Crippen LogP contribution < -0.4 is 0 Å². The lowest BCUT2D eigenvalue weighted by molar-refractivity contribution is -0.870. The minimum absolute atomic E-state index is 0.00678. The molecule has 0 saturated carbocycles. The predicted molar refractivity (Wildman–Crippen MR) is 316 cm³/mol. The molecule has 0 radical (unpaired) electrons. The molecule has 0 aromatic carbocycles. The predicted octanol–water partition coefficient (Wildman–Crippen LogP) is 19.0. The zero-order chi connectivity index (χ0) is 54.2. The standard InChI is InChI=1S/C64H114NO8P/c1-6-8-10-12-14-16-18-20-22-23-24-25-26-27-28-29-30-31-32-33-34-35-36-37-38-39-40-41-43-44-46-48-50-52-54-56-63(66)70-60-62(61-72-74(68,69)71-59-58-65(3,4)5)73-64(67)57-55-53-51-49-47-45-42-21-19-17-15-13-11-9-7-2/h9,11,15,17-18,20-21,23-24,42,47,49,53,55,62H,6-8,10,12-14,16,19,22,25-41,43-46,48,50-52,54,56-61H2,1-5H3/p+1/b11-9-,17-15-,20-18-,24-23-,42-21-,49-47-,55-53-. The maximum absolute atomic E-state index is 12.7. The Hall–Kier alpha value is -2.81. The smallest absolute Gasteiger partial charge is 0.462 e. The Morgan fingerprint density at radius 2 is 0.811 bits per heavy atom. The second-order valence-corrected chi connectivity index (χ2v) is 22.8. The molecule has 74 heavy (non-hydrogen) atoms. The van der Waals surface area contributed by atoms with Gasteiger partial charge in [-0.2, -0.15) is 0 Å². The number of rotatable bonds is 55. The SMILES string of the molecule is CC/C=C\C/C=C\C/C=C\C/C=C\C/C=C\CC(=O)OC(COC(=O)CCCCCCCCCCCCCCCCCCCCCCCCC/C=C\C/C=C\CCCCCCC)COP(=O)(O)OCC[N+](C)(C)C. The zero-order valence-electron chi connectivity index (χ0n) is 48.6. The molecule has 0 bridgehead atoms. The molecule has 0 saturated heterocycles. The lowest BCUT2D eigenvalue weighted by Crippen LogP contribution is -2.37. The summed E-state index contributed by atoms with van der Waals surface area (Å²) in [7, 11) is 1.42. The summed E-state index contributed by atoms with van der Waals surface area (Å²) in [6, 6.07) is 0. The van der Waals surface area contributed by atoms with Crippen LogP contribution >= 0.6 is 7.82 Å². The van der Waals surface area contributed by atoms with Gasteiger partial charge in [-0.1, -0.05) is 259 Å². The molecule has 0 heterocycles. The van der Waals surface area contributed by atoms with E-state index in [0.717, 1.165) is 51.4 Å². The van der Waals surface area contributed by atoms with Crippen molar-refractivity contribution < 1.29 is 42.1 Å². The molecule has 10 heteroatoms. The van der Waals surface area contributed by atoms with Crippen LogP contribution in [-0.4, -0.2) is 74.9 Å². The van der Waals surface area contributed by atoms with Crippen molar-refractivity contribution in [2.24, 2.45) is 0 Å². The minimum atomic E-state index is -4.41. The topological polar surface area (TPSA) is 108 Å². The Morgan fingerprint density at radius 1 is 0.446 bits per heavy atom. The van der Waals surface area contributed by atoms with Gasteiger partial charge < -0.3 is 18.9 Å². The van der Waals surface area contributed by atoms with E-state index in [0.29, 0.717) is 17.4 Å². The van der Waals surface area contributed by atoms with Gasteiger partial charge in [-0.05, 0) is 70.6 Å². The van der Waals surface area contributed by atoms with E-state index in [1.165, 1.54) is 173 Å². The number of carbonyl (C=O) groups excluding carboxylic acids is 2. The number of ether oxygens (including phenoxy) is 2. The second kappa shape index (κ2) is 55.0. The monoisotopic (exact) mass is 1060 g/mol. The molecule has 0 aliphatic carbocycles. The number of hydrogen-bond donors (Lipinski definition) is 1. The first kappa shape index (κ1) is 71.2. The van der Waals surface area contributed by atoms with Crippen LogP contribution in [0.1, 0.15) is 258 Å². The first-order valence-corrected chi connectivity index (χ1v) is 31.8. The molecule has 0 rings (SSSR count). The molecular formula is C64H115NO8P+. The Bertz CT molecular complexity index is 1520. The number of allylic oxidation sites excluding steroid dienone is 13. The third-order valence-corrected chi connectivity index (χ3v) is 13.9. The fraction of sp³-hybridized carbons (Fsp3) is 0.750. The highest BCUT2D eigenvalue weighted by atomic mass is 31.2. The van der Waals surface area contributed by atoms with Gasteiger partial charge in [-0.15, -0.1) is 0 Å². The number of unbranched alkanes of at least 4 members (excludes halogenated alkanes) is 28. The van der Waals surface area contributed by atoms with E-state index in [-0.39, 0.29) is 26.1 Å². The molecule has 0 amide bonds. The van der Waals surface area contributed by atoms with Crippen LogP contribution in [0.5, 0.6) is 0 Å². The number of phosphoric ester groups is 1. The van der Waals surface area contributed by atoms with E-state index >= 15 is 0 Å². The van der Waals surface area contributed by atoms with Crippen molar-refractivity contribution >= 4 is 19.8 Å². The van der Waals surface area contributed by atoms with Gasteiger partial charge >= 0.3 is 19.8 Å². The molecule has 0 aliphatic rings. The fourth-order valence-electron chi connectivity index (χ4n) is 8.30. The van der Waals surface area contributed by atoms with Crippen LogP contribution in [0, 0.1) is 0 Å². The van der Waals surface area contributed by atoms with Crippen LogP contribution in [0.3, 0.4) is 0 Å². The molecule has 9 nitrogen and oxygen atoms in total. The number of likely N-dealkylation sites (N-methyl/N-ethyl adjacent to an activating group) is 1. The zero-order valence-corrected chi connectivity index (χ0v) is 49.5. The molecule has 0 fully saturated rings. The normalized spacial score (nSPS) is 13.9. The van der Waals surface area contributed by atoms with Crippen molar-refractivity contribution in [2.75, 3.05) is 47.5 Å². The van der Waals surface area contributed by atoms with E-state index in [9.17, 15) is 19.0 Å². The number of nitrogens with zero attached hydrogens (tertiary/aromatic N) is 1. The quantitative estimate of drug-likeness (QED) is 0.0211. The van der Waals surface area contributed by atoms with Gasteiger partial charge in [0.1, 0.15) is 19.8 Å². The highest BCUT2D eigenvalue weighted by molar-refractivity contribution is 7.47. The summed E-state index contributed by atoms with van der Waals surface area (Å²) in [6.07, 6.45) is 74.4. The number of hydrogen-bond acceptors (Lipinski definition) is 7. The Morgan fingerprint density at radius 3 is 1.22 bits per heavy atom. The molecule has 0 aliphatic heterocycles. The van der Waals surface area contributed by atoms with Crippen LogP contribution in [0.25, 0.3) is 0 Å². The lowest BCUT2D eigenvalue weighted by atomic mass is 10.0. The van der Waals surface area contributed by atoms with E-state index < -0.39 is 32.5 Å². The molecule has 2 unspecified atom stereocenters. The summed E-state index contributed by atoms with van der Waals surface area (Å²) in [6.45, 7) is 4.20. The van der Waals surface area contributed by atoms with Crippen LogP contribution in [-0.2, 0) is 32.7 Å². The summed E-state index contributed by atoms with van der Waals surface area (Å²) in [4.78, 5) is 35.5. The number of carbonyl (C=O) groups is 2. The largest absolute Gasteiger partial charge is 0.472 e. The summed E-state index contributed by atoms with van der Waals surface area (Å²) in [5, 5.41) is 0. The van der Waals surface area contributed by atoms with Gasteiger partial charge in [-0.3, -0.25) is 18.6 Å². The summed E-state index contributed by atoms with van der Waals surface area (Å²) >= 11 is 0. The summed E-state index contributed by atoms with van der Waals surface area (Å²) in [5.41, 5.74) is 0. The van der Waals surface area contributed by atoms with E-state index in [4.69, 9.17) is 18.5 Å². The van der Waals surface area contributed by atoms with Gasteiger partial charge in [0.25, 0.3) is 0 Å². The van der Waals surface area contributed by atoms with Gasteiger partial charge in [-0.25, -0.2) is 4.57 Å². The summed E-state index contributed by atoms with van der Waals surface area (Å²) < 4.78 is 34.4. The Balaban J connectivity index is 4.01. The maximum Gasteiger partial charge on any atom is 0.472 e. The highest BCUT2D eigenvalue weighted by Crippen LogP contribution is 2.43. The van der Waals surface area contributed by atoms with Gasteiger partial charge in [0.05, 0.1) is 34.2 Å². The molecule has 0 spiro atoms. The van der Waals surface area contributed by atoms with Crippen molar-refractivity contribution in [3.63, 3.8) is 0 Å². The van der Waals surface area contributed by atoms with Gasteiger partial charge in [0.15, 0.2) is 6.10 Å². The van der Waals surface area contributed by atoms with Crippen LogP contribution in [0.15, 0.2) is 85.1 Å². The van der Waals surface area contributed by atoms with Crippen molar-refractivity contribution in [1.82, 2.24) is 0 Å². The molecule has 428 valence electrons. The molecule has 2 atom stereocenters. The maximum atomic E-state index is 12.7. The Labute approximate surface area is 456 Å². The molecule has 0 aromatic rings. The third-order valence-electron chi connectivity index (χ3n) is 12.9. The number of quaternary nitrogens is 1. The van der Waals surface area contributed by atoms with Crippen molar-refractivity contribution in [2.45, 2.75) is 264 Å². The van der Waals surface area contributed by atoms with E-state index in [1.54, 1.807) is 6.08 Å². The van der Waals surface area contributed by atoms with Crippen molar-refractivity contribution in [3.05, 3.63) is 85.1 Å². The van der Waals surface area contributed by atoms with Gasteiger partial charge in [0.2, 0.25) is 0 Å². The minimum Gasteiger partial charge on any atom is -0.462 e. The fourth-order valence-corrected chi connectivity index (χ4v) is 9.04. The van der Waals surface area contributed by atoms with E-state index in [1.807, 2.05) is 33.3 Å². The molecular weight excluding hydrogens is 942 g/mol. The molecule has 1 N–H and O–H groups in total. The van der Waals surface area contributed by atoms with Crippen LogP contribution in [0.2, 0.25) is 0 Å². The first-order valence-electron chi connectivity index (χ1n) is 30.3. The first-order chi connectivity index (χ1) is 36.0. The molecule has 0 aromatic heterocycles. The number of esters is 2. The third kappa shape index (κ3) is 58.5. The average Bonchev–Trinajstić information content (AvgIpc) is 3.36.